The molecule has 0 aromatic heterocycles. The number of carbonyl (C=O) groups excluding carboxylic acids is 1. The third-order valence-electron chi connectivity index (χ3n) is 2.73. The van der Waals surface area contributed by atoms with E-state index in [1.165, 1.54) is 30.5 Å². The van der Waals surface area contributed by atoms with Crippen LogP contribution in [0, 0.1) is 13.8 Å². The van der Waals surface area contributed by atoms with E-state index in [0.717, 1.165) is 6.42 Å². The number of rotatable bonds is 4. The van der Waals surface area contributed by atoms with E-state index in [9.17, 15) is 9.90 Å². The van der Waals surface area contributed by atoms with Gasteiger partial charge in [-0.1, -0.05) is 23.8 Å². The van der Waals surface area contributed by atoms with Crippen LogP contribution in [-0.4, -0.2) is 23.2 Å². The largest absolute Gasteiger partial charge is 0.381 e. The zero-order valence-electron chi connectivity index (χ0n) is 11.0. The molecule has 0 aliphatic heterocycles. The Kier molecular flexibility index (Phi) is 4.29. The fourth-order valence-corrected chi connectivity index (χ4v) is 1.65. The molecular weight excluding hydrogens is 214 g/mol. The number of amides is 1. The predicted molar refractivity (Wildman–Crippen MR) is 68.9 cm³/mol. The quantitative estimate of drug-likeness (QED) is 0.835. The van der Waals surface area contributed by atoms with Crippen molar-refractivity contribution in [2.45, 2.75) is 39.7 Å². The van der Waals surface area contributed by atoms with Crippen LogP contribution < -0.4 is 5.32 Å². The average molecular weight is 235 g/mol. The summed E-state index contributed by atoms with van der Waals surface area (Å²) in [6.07, 6.45) is 0.786. The first-order valence-electron chi connectivity index (χ1n) is 5.87. The highest BCUT2D eigenvalue weighted by Crippen LogP contribution is 2.10. The van der Waals surface area contributed by atoms with E-state index in [0.29, 0.717) is 6.54 Å². The van der Waals surface area contributed by atoms with Crippen molar-refractivity contribution in [1.82, 2.24) is 5.32 Å². The molecule has 0 atom stereocenters. The second-order valence-corrected chi connectivity index (χ2v) is 4.99. The van der Waals surface area contributed by atoms with E-state index in [2.05, 4.69) is 37.4 Å². The molecule has 1 aromatic carbocycles. The van der Waals surface area contributed by atoms with Crippen LogP contribution in [0.1, 0.15) is 30.5 Å². The first-order chi connectivity index (χ1) is 7.80. The van der Waals surface area contributed by atoms with Crippen molar-refractivity contribution in [3.05, 3.63) is 34.9 Å². The summed E-state index contributed by atoms with van der Waals surface area (Å²) in [5.74, 6) is -0.331. The number of aryl methyl sites for hydroxylation is 2. The maximum Gasteiger partial charge on any atom is 0.251 e. The number of hydrogen-bond donors (Lipinski definition) is 2. The van der Waals surface area contributed by atoms with Gasteiger partial charge in [-0.05, 0) is 45.2 Å². The van der Waals surface area contributed by atoms with Gasteiger partial charge in [0.1, 0.15) is 5.60 Å². The summed E-state index contributed by atoms with van der Waals surface area (Å²) in [6, 6.07) is 6.29. The Hall–Kier alpha value is -1.35. The molecule has 2 N–H and O–H groups in total. The van der Waals surface area contributed by atoms with Crippen molar-refractivity contribution in [3.63, 3.8) is 0 Å². The third-order valence-corrected chi connectivity index (χ3v) is 2.73. The van der Waals surface area contributed by atoms with E-state index >= 15 is 0 Å². The van der Waals surface area contributed by atoms with Gasteiger partial charge in [-0.2, -0.15) is 0 Å². The van der Waals surface area contributed by atoms with Crippen LogP contribution >= 0.6 is 0 Å². The Labute approximate surface area is 103 Å². The molecule has 3 heteroatoms. The average Bonchev–Trinajstić information content (AvgIpc) is 2.19. The van der Waals surface area contributed by atoms with Gasteiger partial charge in [0, 0.05) is 6.54 Å². The Morgan fingerprint density at radius 2 is 2.00 bits per heavy atom. The SMILES string of the molecule is Cc1ccc(CCNC(=O)C(C)(C)O)c(C)c1. The zero-order valence-corrected chi connectivity index (χ0v) is 11.0. The first-order valence-corrected chi connectivity index (χ1v) is 5.87. The van der Waals surface area contributed by atoms with Crippen molar-refractivity contribution in [3.8, 4) is 0 Å². The summed E-state index contributed by atoms with van der Waals surface area (Å²) < 4.78 is 0. The minimum Gasteiger partial charge on any atom is -0.381 e. The smallest absolute Gasteiger partial charge is 0.251 e. The molecule has 0 aliphatic carbocycles. The monoisotopic (exact) mass is 235 g/mol. The molecule has 0 spiro atoms. The number of carbonyl (C=O) groups is 1. The topological polar surface area (TPSA) is 49.3 Å². The molecule has 0 aliphatic rings. The fourth-order valence-electron chi connectivity index (χ4n) is 1.65. The lowest BCUT2D eigenvalue weighted by Crippen LogP contribution is -2.42. The highest BCUT2D eigenvalue weighted by atomic mass is 16.3. The molecule has 1 rings (SSSR count). The van der Waals surface area contributed by atoms with Gasteiger partial charge in [0.25, 0.3) is 5.91 Å². The molecule has 0 unspecified atom stereocenters. The Morgan fingerprint density at radius 1 is 1.35 bits per heavy atom. The maximum atomic E-state index is 11.4. The minimum atomic E-state index is -1.30. The van der Waals surface area contributed by atoms with Crippen molar-refractivity contribution < 1.29 is 9.90 Å². The minimum absolute atomic E-state index is 0.331. The van der Waals surface area contributed by atoms with Crippen molar-refractivity contribution in [2.24, 2.45) is 0 Å². The molecule has 1 aromatic rings. The van der Waals surface area contributed by atoms with Gasteiger partial charge in [0.15, 0.2) is 0 Å². The van der Waals surface area contributed by atoms with E-state index in [-0.39, 0.29) is 5.91 Å². The molecule has 94 valence electrons. The van der Waals surface area contributed by atoms with Crippen LogP contribution in [0.3, 0.4) is 0 Å². The summed E-state index contributed by atoms with van der Waals surface area (Å²) >= 11 is 0. The van der Waals surface area contributed by atoms with Gasteiger partial charge >= 0.3 is 0 Å². The molecule has 0 saturated heterocycles. The van der Waals surface area contributed by atoms with Crippen LogP contribution in [0.5, 0.6) is 0 Å². The third kappa shape index (κ3) is 4.19. The lowest BCUT2D eigenvalue weighted by atomic mass is 10.0. The van der Waals surface area contributed by atoms with Gasteiger partial charge < -0.3 is 10.4 Å². The molecule has 17 heavy (non-hydrogen) atoms. The van der Waals surface area contributed by atoms with Crippen LogP contribution in [-0.2, 0) is 11.2 Å². The molecule has 0 bridgehead atoms. The Bertz CT molecular complexity index is 405. The lowest BCUT2D eigenvalue weighted by molar-refractivity contribution is -0.136. The number of hydrogen-bond acceptors (Lipinski definition) is 2. The second-order valence-electron chi connectivity index (χ2n) is 4.99. The van der Waals surface area contributed by atoms with E-state index in [1.807, 2.05) is 0 Å². The van der Waals surface area contributed by atoms with Gasteiger partial charge in [-0.15, -0.1) is 0 Å². The second kappa shape index (κ2) is 5.32. The number of aliphatic hydroxyl groups is 1. The molecule has 0 fully saturated rings. The summed E-state index contributed by atoms with van der Waals surface area (Å²) in [4.78, 5) is 11.4. The number of benzene rings is 1. The van der Waals surface area contributed by atoms with Crippen LogP contribution in [0.15, 0.2) is 18.2 Å². The number of nitrogens with one attached hydrogen (secondary N) is 1. The van der Waals surface area contributed by atoms with Gasteiger partial charge in [-0.25, -0.2) is 0 Å². The van der Waals surface area contributed by atoms with Crippen molar-refractivity contribution in [2.75, 3.05) is 6.54 Å². The van der Waals surface area contributed by atoms with Gasteiger partial charge in [-0.3, -0.25) is 4.79 Å². The predicted octanol–water partition coefficient (Wildman–Crippen LogP) is 1.73. The molecule has 3 nitrogen and oxygen atoms in total. The standard InChI is InChI=1S/C14H21NO2/c1-10-5-6-12(11(2)9-10)7-8-15-13(16)14(3,4)17/h5-6,9,17H,7-8H2,1-4H3,(H,15,16). The van der Waals surface area contributed by atoms with E-state index in [4.69, 9.17) is 0 Å². The molecular formula is C14H21NO2. The van der Waals surface area contributed by atoms with E-state index < -0.39 is 5.60 Å². The summed E-state index contributed by atoms with van der Waals surface area (Å²) in [5, 5.41) is 12.2. The maximum absolute atomic E-state index is 11.4. The molecule has 0 radical (unpaired) electrons. The van der Waals surface area contributed by atoms with Gasteiger partial charge in [0.05, 0.1) is 0 Å². The van der Waals surface area contributed by atoms with Crippen molar-refractivity contribution in [1.29, 1.82) is 0 Å². The fraction of sp³-hybridized carbons (Fsp3) is 0.500. The summed E-state index contributed by atoms with van der Waals surface area (Å²) in [5.41, 5.74) is 2.41. The van der Waals surface area contributed by atoms with E-state index in [1.54, 1.807) is 0 Å². The molecule has 0 saturated carbocycles. The van der Waals surface area contributed by atoms with Crippen molar-refractivity contribution >= 4 is 5.91 Å². The Balaban J connectivity index is 2.49. The highest BCUT2D eigenvalue weighted by molar-refractivity contribution is 5.83. The highest BCUT2D eigenvalue weighted by Gasteiger charge is 2.22. The lowest BCUT2D eigenvalue weighted by Gasteiger charge is -2.16. The Morgan fingerprint density at radius 3 is 2.53 bits per heavy atom. The van der Waals surface area contributed by atoms with Crippen LogP contribution in [0.4, 0.5) is 0 Å². The summed E-state index contributed by atoms with van der Waals surface area (Å²) in [7, 11) is 0. The van der Waals surface area contributed by atoms with Crippen LogP contribution in [0.2, 0.25) is 0 Å². The van der Waals surface area contributed by atoms with Crippen LogP contribution in [0.25, 0.3) is 0 Å². The first kappa shape index (κ1) is 13.7. The van der Waals surface area contributed by atoms with Gasteiger partial charge in [0.2, 0.25) is 0 Å². The molecule has 1 amide bonds. The normalized spacial score (nSPS) is 11.4. The zero-order chi connectivity index (χ0) is 13.1. The molecule has 0 heterocycles. The summed E-state index contributed by atoms with van der Waals surface area (Å²) in [6.45, 7) is 7.65.